The molecule has 0 spiro atoms. The van der Waals surface area contributed by atoms with Crippen LogP contribution in [0.4, 0.5) is 0 Å². The summed E-state index contributed by atoms with van der Waals surface area (Å²) in [6, 6.07) is 5.49. The smallest absolute Gasteiger partial charge is 0.272 e. The van der Waals surface area contributed by atoms with Gasteiger partial charge < -0.3 is 9.09 Å². The Bertz CT molecular complexity index is 716. The van der Waals surface area contributed by atoms with Gasteiger partial charge in [-0.2, -0.15) is 0 Å². The molecular weight excluding hydrogens is 286 g/mol. The third kappa shape index (κ3) is 2.45. The molecule has 0 bridgehead atoms. The van der Waals surface area contributed by atoms with Crippen molar-refractivity contribution in [2.24, 2.45) is 0 Å². The molecule has 0 saturated carbocycles. The Morgan fingerprint density at radius 2 is 2.37 bits per heavy atom. The molecule has 3 rings (SSSR count). The summed E-state index contributed by atoms with van der Waals surface area (Å²) in [6.45, 7) is 0.410. The summed E-state index contributed by atoms with van der Waals surface area (Å²) in [7, 11) is 0. The van der Waals surface area contributed by atoms with Crippen LogP contribution in [0.1, 0.15) is 11.5 Å². The largest absolute Gasteiger partial charge is 0.355 e. The molecule has 0 aliphatic heterocycles. The molecule has 0 N–H and O–H groups in total. The van der Waals surface area contributed by atoms with Crippen molar-refractivity contribution in [2.75, 3.05) is 0 Å². The van der Waals surface area contributed by atoms with Crippen LogP contribution in [0, 0.1) is 0 Å². The molecule has 5 nitrogen and oxygen atoms in total. The Morgan fingerprint density at radius 1 is 1.47 bits per heavy atom. The van der Waals surface area contributed by atoms with Gasteiger partial charge in [0, 0.05) is 18.5 Å². The van der Waals surface area contributed by atoms with Gasteiger partial charge in [0.15, 0.2) is 11.6 Å². The molecule has 0 aliphatic rings. The minimum Gasteiger partial charge on any atom is -0.355 e. The maximum absolute atomic E-state index is 10.6. The average Bonchev–Trinajstić information content (AvgIpc) is 3.10. The Morgan fingerprint density at radius 3 is 3.11 bits per heavy atom. The maximum Gasteiger partial charge on any atom is 0.272 e. The third-order valence-corrected chi connectivity index (χ3v) is 3.76. The second-order valence-electron chi connectivity index (χ2n) is 3.77. The molecule has 3 heterocycles. The zero-order chi connectivity index (χ0) is 13.2. The van der Waals surface area contributed by atoms with Crippen molar-refractivity contribution in [1.29, 1.82) is 0 Å². The maximum atomic E-state index is 10.6. The van der Waals surface area contributed by atoms with E-state index < -0.39 is 0 Å². The Balaban J connectivity index is 1.84. The third-order valence-electron chi connectivity index (χ3n) is 2.51. The standard InChI is InChI=1S/C12H7ClN3O2S/c13-11-2-1-10(19-11)9-5-8(15-18-9)6-16-4-3-14-12(16)7-17/h1-5H,6H2. The fraction of sp³-hybridized carbons (Fsp3) is 0.0833. The van der Waals surface area contributed by atoms with Gasteiger partial charge >= 0.3 is 0 Å². The summed E-state index contributed by atoms with van der Waals surface area (Å²) in [4.78, 5) is 15.4. The summed E-state index contributed by atoms with van der Waals surface area (Å²) in [6.07, 6.45) is 5.00. The fourth-order valence-corrected chi connectivity index (χ4v) is 2.66. The topological polar surface area (TPSA) is 60.9 Å². The van der Waals surface area contributed by atoms with Gasteiger partial charge in [-0.15, -0.1) is 11.3 Å². The molecule has 0 fully saturated rings. The summed E-state index contributed by atoms with van der Waals surface area (Å²) >= 11 is 7.29. The van der Waals surface area contributed by atoms with Crippen LogP contribution in [0.3, 0.4) is 0 Å². The number of hydrogen-bond donors (Lipinski definition) is 0. The molecule has 0 amide bonds. The van der Waals surface area contributed by atoms with Crippen LogP contribution in [0.25, 0.3) is 10.6 Å². The highest BCUT2D eigenvalue weighted by molar-refractivity contribution is 7.19. The van der Waals surface area contributed by atoms with Crippen molar-refractivity contribution in [3.8, 4) is 10.6 Å². The quantitative estimate of drug-likeness (QED) is 0.742. The molecule has 0 saturated heterocycles. The van der Waals surface area contributed by atoms with Gasteiger partial charge in [0.1, 0.15) is 5.69 Å². The highest BCUT2D eigenvalue weighted by Gasteiger charge is 2.11. The van der Waals surface area contributed by atoms with Gasteiger partial charge in [-0.1, -0.05) is 16.8 Å². The number of hydrogen-bond acceptors (Lipinski definition) is 5. The lowest BCUT2D eigenvalue weighted by Crippen LogP contribution is -2.03. The van der Waals surface area contributed by atoms with Crippen LogP contribution in [0.15, 0.2) is 35.1 Å². The second-order valence-corrected chi connectivity index (χ2v) is 5.48. The van der Waals surface area contributed by atoms with Crippen molar-refractivity contribution in [2.45, 2.75) is 6.54 Å². The second kappa shape index (κ2) is 4.99. The van der Waals surface area contributed by atoms with Gasteiger partial charge in [0.2, 0.25) is 0 Å². The number of thiophene rings is 1. The van der Waals surface area contributed by atoms with E-state index in [2.05, 4.69) is 10.1 Å². The number of nitrogens with zero attached hydrogens (tertiary/aromatic N) is 3. The van der Waals surface area contributed by atoms with E-state index in [1.165, 1.54) is 11.3 Å². The molecule has 1 radical (unpaired) electrons. The highest BCUT2D eigenvalue weighted by atomic mass is 35.5. The Kier molecular flexibility index (Phi) is 3.18. The normalized spacial score (nSPS) is 10.8. The zero-order valence-corrected chi connectivity index (χ0v) is 11.1. The van der Waals surface area contributed by atoms with E-state index >= 15 is 0 Å². The lowest BCUT2D eigenvalue weighted by Gasteiger charge is -1.98. The minimum atomic E-state index is 0.240. The van der Waals surface area contributed by atoms with Gasteiger partial charge in [-0.3, -0.25) is 4.79 Å². The van der Waals surface area contributed by atoms with E-state index in [9.17, 15) is 4.79 Å². The molecule has 95 valence electrons. The van der Waals surface area contributed by atoms with Crippen LogP contribution in [0.5, 0.6) is 0 Å². The minimum absolute atomic E-state index is 0.240. The monoisotopic (exact) mass is 292 g/mol. The van der Waals surface area contributed by atoms with E-state index in [-0.39, 0.29) is 5.82 Å². The van der Waals surface area contributed by atoms with E-state index in [4.69, 9.17) is 16.1 Å². The van der Waals surface area contributed by atoms with Gasteiger partial charge in [-0.05, 0) is 12.1 Å². The molecule has 7 heteroatoms. The van der Waals surface area contributed by atoms with Crippen LogP contribution in [-0.2, 0) is 11.3 Å². The summed E-state index contributed by atoms with van der Waals surface area (Å²) in [5.74, 6) is 0.896. The number of aromatic nitrogens is 3. The number of imidazole rings is 1. The summed E-state index contributed by atoms with van der Waals surface area (Å²) in [5, 5.41) is 3.96. The van der Waals surface area contributed by atoms with Crippen LogP contribution in [-0.4, -0.2) is 21.0 Å². The molecule has 0 atom stereocenters. The summed E-state index contributed by atoms with van der Waals surface area (Å²) < 4.78 is 7.60. The van der Waals surface area contributed by atoms with Crippen LogP contribution >= 0.6 is 22.9 Å². The Labute approximate surface area is 117 Å². The predicted molar refractivity (Wildman–Crippen MR) is 71.0 cm³/mol. The van der Waals surface area contributed by atoms with E-state index in [0.29, 0.717) is 22.3 Å². The first-order valence-electron chi connectivity index (χ1n) is 5.37. The van der Waals surface area contributed by atoms with Gasteiger partial charge in [-0.25, -0.2) is 4.98 Å². The van der Waals surface area contributed by atoms with Crippen molar-refractivity contribution in [3.63, 3.8) is 0 Å². The Hall–Kier alpha value is -1.92. The van der Waals surface area contributed by atoms with E-state index in [0.717, 1.165) is 4.88 Å². The fourth-order valence-electron chi connectivity index (χ4n) is 1.67. The number of halogens is 1. The lowest BCUT2D eigenvalue weighted by molar-refractivity contribution is 0.422. The first-order valence-corrected chi connectivity index (χ1v) is 6.56. The molecule has 0 aromatic carbocycles. The van der Waals surface area contributed by atoms with E-state index in [1.807, 2.05) is 12.1 Å². The average molecular weight is 293 g/mol. The number of rotatable bonds is 4. The highest BCUT2D eigenvalue weighted by Crippen LogP contribution is 2.31. The SMILES string of the molecule is O=[C]c1nccn1Cc1cc(-c2ccc(Cl)s2)on1. The molecular formula is C12H7ClN3O2S. The molecule has 3 aromatic rings. The van der Waals surface area contributed by atoms with Crippen LogP contribution < -0.4 is 0 Å². The first kappa shape index (κ1) is 12.1. The van der Waals surface area contributed by atoms with E-state index in [1.54, 1.807) is 29.3 Å². The van der Waals surface area contributed by atoms with Crippen molar-refractivity contribution >= 4 is 29.2 Å². The van der Waals surface area contributed by atoms with Crippen molar-refractivity contribution < 1.29 is 9.32 Å². The zero-order valence-electron chi connectivity index (χ0n) is 9.54. The molecule has 3 aromatic heterocycles. The number of carbonyl (C=O) groups excluding carboxylic acids is 1. The molecule has 19 heavy (non-hydrogen) atoms. The molecule has 0 unspecified atom stereocenters. The predicted octanol–water partition coefficient (Wildman–Crippen LogP) is 2.76. The van der Waals surface area contributed by atoms with Crippen molar-refractivity contribution in [1.82, 2.24) is 14.7 Å². The first-order chi connectivity index (χ1) is 9.26. The molecule has 0 aliphatic carbocycles. The summed E-state index contributed by atoms with van der Waals surface area (Å²) in [5.41, 5.74) is 0.703. The van der Waals surface area contributed by atoms with Gasteiger partial charge in [0.05, 0.1) is 15.8 Å². The van der Waals surface area contributed by atoms with Gasteiger partial charge in [0.25, 0.3) is 6.29 Å². The lowest BCUT2D eigenvalue weighted by atomic mass is 10.3. The van der Waals surface area contributed by atoms with Crippen molar-refractivity contribution in [3.05, 3.63) is 46.4 Å². The van der Waals surface area contributed by atoms with Crippen LogP contribution in [0.2, 0.25) is 4.34 Å².